The van der Waals surface area contributed by atoms with E-state index in [0.717, 1.165) is 0 Å². The Bertz CT molecular complexity index is 268. The number of rotatable bonds is 6. The smallest absolute Gasteiger partial charge is 0.0572 e. The van der Waals surface area contributed by atoms with Crippen molar-refractivity contribution in [2.24, 2.45) is 0 Å². The van der Waals surface area contributed by atoms with E-state index in [9.17, 15) is 0 Å². The molecule has 2 nitrogen and oxygen atoms in total. The standard InChI is InChI=1S/C13H21NO/c1-4-5-6-12-7-9-13(10-8-12)11(2)14-15-3/h7-11,14H,4-6H2,1-3H3. The van der Waals surface area contributed by atoms with Gasteiger partial charge in [0.05, 0.1) is 13.2 Å². The molecule has 0 aliphatic rings. The highest BCUT2D eigenvalue weighted by molar-refractivity contribution is 5.24. The summed E-state index contributed by atoms with van der Waals surface area (Å²) in [6, 6.07) is 9.00. The Kier molecular flexibility index (Phi) is 5.37. The molecule has 0 fully saturated rings. The van der Waals surface area contributed by atoms with E-state index in [0.29, 0.717) is 0 Å². The van der Waals surface area contributed by atoms with Crippen LogP contribution < -0.4 is 5.48 Å². The van der Waals surface area contributed by atoms with Gasteiger partial charge in [-0.25, -0.2) is 0 Å². The largest absolute Gasteiger partial charge is 0.305 e. The fourth-order valence-corrected chi connectivity index (χ4v) is 1.60. The monoisotopic (exact) mass is 207 g/mol. The van der Waals surface area contributed by atoms with Gasteiger partial charge in [-0.1, -0.05) is 37.6 Å². The Balaban J connectivity index is 2.55. The maximum Gasteiger partial charge on any atom is 0.0572 e. The highest BCUT2D eigenvalue weighted by Crippen LogP contribution is 2.14. The van der Waals surface area contributed by atoms with Gasteiger partial charge in [0, 0.05) is 0 Å². The van der Waals surface area contributed by atoms with Crippen LogP contribution in [0.15, 0.2) is 24.3 Å². The minimum Gasteiger partial charge on any atom is -0.305 e. The van der Waals surface area contributed by atoms with Crippen molar-refractivity contribution >= 4 is 0 Å². The van der Waals surface area contributed by atoms with Gasteiger partial charge in [0.25, 0.3) is 0 Å². The van der Waals surface area contributed by atoms with Gasteiger partial charge in [-0.15, -0.1) is 0 Å². The predicted molar refractivity (Wildman–Crippen MR) is 63.6 cm³/mol. The lowest BCUT2D eigenvalue weighted by Crippen LogP contribution is -2.16. The molecule has 1 aromatic carbocycles. The van der Waals surface area contributed by atoms with Gasteiger partial charge in [0.15, 0.2) is 0 Å². The lowest BCUT2D eigenvalue weighted by Gasteiger charge is -2.12. The highest BCUT2D eigenvalue weighted by atomic mass is 16.6. The number of aryl methyl sites for hydroxylation is 1. The van der Waals surface area contributed by atoms with E-state index in [2.05, 4.69) is 43.6 Å². The molecule has 0 saturated carbocycles. The average Bonchev–Trinajstić information content (AvgIpc) is 2.27. The third-order valence-electron chi connectivity index (χ3n) is 2.59. The molecular formula is C13H21NO. The summed E-state index contributed by atoms with van der Waals surface area (Å²) in [5.41, 5.74) is 5.61. The summed E-state index contributed by atoms with van der Waals surface area (Å²) >= 11 is 0. The van der Waals surface area contributed by atoms with Crippen LogP contribution in [-0.4, -0.2) is 7.11 Å². The second-order valence-electron chi connectivity index (χ2n) is 3.89. The lowest BCUT2D eigenvalue weighted by molar-refractivity contribution is 0.0659. The van der Waals surface area contributed by atoms with Crippen LogP contribution in [-0.2, 0) is 11.3 Å². The van der Waals surface area contributed by atoms with Gasteiger partial charge in [-0.05, 0) is 30.9 Å². The van der Waals surface area contributed by atoms with Crippen LogP contribution in [0.25, 0.3) is 0 Å². The summed E-state index contributed by atoms with van der Waals surface area (Å²) < 4.78 is 0. The Hall–Kier alpha value is -0.860. The molecular weight excluding hydrogens is 186 g/mol. The molecule has 1 rings (SSSR count). The van der Waals surface area contributed by atoms with Gasteiger partial charge in [0.1, 0.15) is 0 Å². The van der Waals surface area contributed by atoms with E-state index in [4.69, 9.17) is 4.84 Å². The zero-order valence-electron chi connectivity index (χ0n) is 9.92. The van der Waals surface area contributed by atoms with E-state index >= 15 is 0 Å². The first-order valence-corrected chi connectivity index (χ1v) is 5.65. The van der Waals surface area contributed by atoms with Gasteiger partial charge in [0.2, 0.25) is 0 Å². The summed E-state index contributed by atoms with van der Waals surface area (Å²) in [5, 5.41) is 0. The molecule has 1 N–H and O–H groups in total. The van der Waals surface area contributed by atoms with E-state index < -0.39 is 0 Å². The maximum atomic E-state index is 4.90. The van der Waals surface area contributed by atoms with Crippen molar-refractivity contribution in [2.75, 3.05) is 7.11 Å². The number of unbranched alkanes of at least 4 members (excludes halogenated alkanes) is 1. The van der Waals surface area contributed by atoms with Crippen molar-refractivity contribution in [1.29, 1.82) is 0 Å². The molecule has 84 valence electrons. The Labute approximate surface area is 92.6 Å². The van der Waals surface area contributed by atoms with Gasteiger partial charge in [-0.2, -0.15) is 5.48 Å². The van der Waals surface area contributed by atoms with Crippen LogP contribution in [0.4, 0.5) is 0 Å². The van der Waals surface area contributed by atoms with Gasteiger partial charge >= 0.3 is 0 Å². The van der Waals surface area contributed by atoms with Crippen LogP contribution in [0, 0.1) is 0 Å². The summed E-state index contributed by atoms with van der Waals surface area (Å²) in [5.74, 6) is 0. The van der Waals surface area contributed by atoms with Gasteiger partial charge < -0.3 is 4.84 Å². The Morgan fingerprint density at radius 1 is 1.27 bits per heavy atom. The maximum absolute atomic E-state index is 4.90. The average molecular weight is 207 g/mol. The molecule has 1 aromatic rings. The molecule has 0 aromatic heterocycles. The quantitative estimate of drug-likeness (QED) is 0.723. The molecule has 1 unspecified atom stereocenters. The second kappa shape index (κ2) is 6.59. The SMILES string of the molecule is CCCCc1ccc(C(C)NOC)cc1. The van der Waals surface area contributed by atoms with E-state index in [-0.39, 0.29) is 6.04 Å². The molecule has 0 amide bonds. The highest BCUT2D eigenvalue weighted by Gasteiger charge is 2.03. The normalized spacial score (nSPS) is 12.7. The molecule has 0 spiro atoms. The summed E-state index contributed by atoms with van der Waals surface area (Å²) in [6.45, 7) is 4.31. The summed E-state index contributed by atoms with van der Waals surface area (Å²) in [6.07, 6.45) is 3.71. The fourth-order valence-electron chi connectivity index (χ4n) is 1.60. The molecule has 0 bridgehead atoms. The summed E-state index contributed by atoms with van der Waals surface area (Å²) in [7, 11) is 1.64. The number of hydrogen-bond acceptors (Lipinski definition) is 2. The van der Waals surface area contributed by atoms with E-state index in [1.54, 1.807) is 7.11 Å². The van der Waals surface area contributed by atoms with E-state index in [1.165, 1.54) is 30.4 Å². The van der Waals surface area contributed by atoms with Crippen molar-refractivity contribution < 1.29 is 4.84 Å². The Morgan fingerprint density at radius 3 is 2.47 bits per heavy atom. The zero-order chi connectivity index (χ0) is 11.1. The third-order valence-corrected chi connectivity index (χ3v) is 2.59. The van der Waals surface area contributed by atoms with Crippen LogP contribution >= 0.6 is 0 Å². The molecule has 1 atom stereocenters. The molecule has 0 aliphatic carbocycles. The van der Waals surface area contributed by atoms with Crippen molar-refractivity contribution in [3.63, 3.8) is 0 Å². The van der Waals surface area contributed by atoms with Crippen LogP contribution in [0.1, 0.15) is 43.9 Å². The van der Waals surface area contributed by atoms with Crippen molar-refractivity contribution in [3.05, 3.63) is 35.4 Å². The molecule has 0 radical (unpaired) electrons. The Morgan fingerprint density at radius 2 is 1.93 bits per heavy atom. The second-order valence-corrected chi connectivity index (χ2v) is 3.89. The van der Waals surface area contributed by atoms with Gasteiger partial charge in [-0.3, -0.25) is 0 Å². The first kappa shape index (κ1) is 12.2. The van der Waals surface area contributed by atoms with Crippen molar-refractivity contribution in [3.8, 4) is 0 Å². The number of nitrogens with one attached hydrogen (secondary N) is 1. The first-order chi connectivity index (χ1) is 7.27. The molecule has 2 heteroatoms. The number of hydroxylamine groups is 1. The van der Waals surface area contributed by atoms with Crippen LogP contribution in [0.5, 0.6) is 0 Å². The minimum atomic E-state index is 0.246. The van der Waals surface area contributed by atoms with Crippen LogP contribution in [0.3, 0.4) is 0 Å². The summed E-state index contributed by atoms with van der Waals surface area (Å²) in [4.78, 5) is 4.90. The van der Waals surface area contributed by atoms with Crippen molar-refractivity contribution in [1.82, 2.24) is 5.48 Å². The molecule has 0 aliphatic heterocycles. The number of benzene rings is 1. The molecule has 0 heterocycles. The molecule has 0 saturated heterocycles. The topological polar surface area (TPSA) is 21.3 Å². The van der Waals surface area contributed by atoms with E-state index in [1.807, 2.05) is 0 Å². The van der Waals surface area contributed by atoms with Crippen molar-refractivity contribution in [2.45, 2.75) is 39.2 Å². The predicted octanol–water partition coefficient (Wildman–Crippen LogP) is 3.24. The van der Waals surface area contributed by atoms with Crippen LogP contribution in [0.2, 0.25) is 0 Å². The third kappa shape index (κ3) is 4.02. The lowest BCUT2D eigenvalue weighted by atomic mass is 10.0. The molecule has 15 heavy (non-hydrogen) atoms. The fraction of sp³-hybridized carbons (Fsp3) is 0.538. The zero-order valence-corrected chi connectivity index (χ0v) is 9.92. The minimum absolute atomic E-state index is 0.246. The first-order valence-electron chi connectivity index (χ1n) is 5.65. The number of hydrogen-bond donors (Lipinski definition) is 1.